The van der Waals surface area contributed by atoms with E-state index in [0.717, 1.165) is 6.32 Å². The minimum atomic E-state index is 0. The van der Waals surface area contributed by atoms with E-state index in [1.807, 2.05) is 0 Å². The van der Waals surface area contributed by atoms with Crippen molar-refractivity contribution in [3.05, 3.63) is 0 Å². The van der Waals surface area contributed by atoms with Crippen LogP contribution in [0.4, 0.5) is 0 Å². The molecule has 7 heavy (non-hydrogen) atoms. The van der Waals surface area contributed by atoms with Crippen LogP contribution in [-0.2, 0) is 0 Å². The Morgan fingerprint density at radius 3 is 2.00 bits per heavy atom. The normalized spacial score (nSPS) is 7.57. The quantitative estimate of drug-likeness (QED) is 0.394. The molecule has 0 saturated heterocycles. The molecule has 0 N–H and O–H groups in total. The van der Waals surface area contributed by atoms with Crippen LogP contribution in [0.1, 0.15) is 26.2 Å². The zero-order chi connectivity index (χ0) is 4.83. The van der Waals surface area contributed by atoms with Crippen LogP contribution in [-0.4, -0.2) is 7.85 Å². The lowest BCUT2D eigenvalue weighted by molar-refractivity contribution is 0.771. The molecular formula is C5H12BCl. The predicted molar refractivity (Wildman–Crippen MR) is 37.3 cm³/mol. The number of hydrogen-bond acceptors (Lipinski definition) is 0. The molecule has 0 aromatic rings. The number of rotatable bonds is 3. The van der Waals surface area contributed by atoms with E-state index in [-0.39, 0.29) is 12.4 Å². The van der Waals surface area contributed by atoms with Crippen LogP contribution in [0.15, 0.2) is 0 Å². The lowest BCUT2D eigenvalue weighted by Gasteiger charge is -1.86. The van der Waals surface area contributed by atoms with E-state index in [1.165, 1.54) is 19.3 Å². The average molecular weight is 118 g/mol. The van der Waals surface area contributed by atoms with E-state index in [9.17, 15) is 0 Å². The summed E-state index contributed by atoms with van der Waals surface area (Å²) < 4.78 is 0. The van der Waals surface area contributed by atoms with E-state index < -0.39 is 0 Å². The first-order chi connectivity index (χ1) is 2.91. The second-order valence-electron chi connectivity index (χ2n) is 1.50. The van der Waals surface area contributed by atoms with Crippen LogP contribution in [0, 0.1) is 0 Å². The van der Waals surface area contributed by atoms with Gasteiger partial charge in [-0.05, 0) is 0 Å². The van der Waals surface area contributed by atoms with Gasteiger partial charge >= 0.3 is 0 Å². The fourth-order valence-electron chi connectivity index (χ4n) is 0.394. The maximum Gasteiger partial charge on any atom is 0.0653 e. The topological polar surface area (TPSA) is 0 Å². The Labute approximate surface area is 53.5 Å². The Morgan fingerprint density at radius 2 is 1.86 bits per heavy atom. The van der Waals surface area contributed by atoms with E-state index in [1.54, 1.807) is 0 Å². The summed E-state index contributed by atoms with van der Waals surface area (Å²) in [4.78, 5) is 0. The van der Waals surface area contributed by atoms with Crippen molar-refractivity contribution in [3.63, 3.8) is 0 Å². The standard InChI is InChI=1S/C5H11B.ClH/c1-2-3-4-5-6;/h2-5H2,1H3;1H. The van der Waals surface area contributed by atoms with Crippen molar-refractivity contribution in [1.82, 2.24) is 0 Å². The Balaban J connectivity index is 0. The molecule has 0 rings (SSSR count). The van der Waals surface area contributed by atoms with Crippen molar-refractivity contribution < 1.29 is 0 Å². The van der Waals surface area contributed by atoms with E-state index in [2.05, 4.69) is 6.92 Å². The van der Waals surface area contributed by atoms with Gasteiger partial charge < -0.3 is 0 Å². The van der Waals surface area contributed by atoms with Gasteiger partial charge in [0.25, 0.3) is 0 Å². The van der Waals surface area contributed by atoms with Gasteiger partial charge in [-0.25, -0.2) is 0 Å². The van der Waals surface area contributed by atoms with Crippen molar-refractivity contribution in [2.24, 2.45) is 0 Å². The van der Waals surface area contributed by atoms with Gasteiger partial charge in [0.2, 0.25) is 0 Å². The van der Waals surface area contributed by atoms with E-state index in [0.29, 0.717) is 0 Å². The maximum absolute atomic E-state index is 5.21. The molecule has 0 nitrogen and oxygen atoms in total. The Morgan fingerprint density at radius 1 is 1.29 bits per heavy atom. The van der Waals surface area contributed by atoms with E-state index >= 15 is 0 Å². The van der Waals surface area contributed by atoms with Crippen LogP contribution in [0.5, 0.6) is 0 Å². The largest absolute Gasteiger partial charge is 0.147 e. The van der Waals surface area contributed by atoms with Gasteiger partial charge in [0.15, 0.2) is 0 Å². The average Bonchev–Trinajstić information content (AvgIpc) is 1.61. The summed E-state index contributed by atoms with van der Waals surface area (Å²) in [5.41, 5.74) is 0. The highest BCUT2D eigenvalue weighted by Gasteiger charge is 1.75. The summed E-state index contributed by atoms with van der Waals surface area (Å²) in [7, 11) is 5.21. The van der Waals surface area contributed by atoms with Crippen LogP contribution in [0.25, 0.3) is 0 Å². The third-order valence-electron chi connectivity index (χ3n) is 0.808. The van der Waals surface area contributed by atoms with Gasteiger partial charge in [0, 0.05) is 0 Å². The molecule has 0 atom stereocenters. The third-order valence-corrected chi connectivity index (χ3v) is 0.808. The number of hydrogen-bond donors (Lipinski definition) is 0. The van der Waals surface area contributed by atoms with Crippen molar-refractivity contribution in [3.8, 4) is 0 Å². The zero-order valence-corrected chi connectivity index (χ0v) is 5.63. The van der Waals surface area contributed by atoms with Crippen molar-refractivity contribution >= 4 is 20.3 Å². The van der Waals surface area contributed by atoms with Crippen molar-refractivity contribution in [2.45, 2.75) is 32.5 Å². The fourth-order valence-corrected chi connectivity index (χ4v) is 0.394. The summed E-state index contributed by atoms with van der Waals surface area (Å²) in [6.45, 7) is 2.18. The van der Waals surface area contributed by atoms with Crippen LogP contribution in [0.2, 0.25) is 6.32 Å². The SMILES string of the molecule is Cl.[B]CCCCC. The van der Waals surface area contributed by atoms with Crippen LogP contribution < -0.4 is 0 Å². The molecule has 0 heterocycles. The molecule has 0 amide bonds. The van der Waals surface area contributed by atoms with Gasteiger partial charge in [0.05, 0.1) is 7.85 Å². The third kappa shape index (κ3) is 10.7. The van der Waals surface area contributed by atoms with Crippen LogP contribution >= 0.6 is 12.4 Å². The molecule has 0 saturated carbocycles. The van der Waals surface area contributed by atoms with Gasteiger partial charge in [-0.1, -0.05) is 32.5 Å². The molecule has 0 fully saturated rings. The molecule has 2 heteroatoms. The van der Waals surface area contributed by atoms with E-state index in [4.69, 9.17) is 7.85 Å². The smallest absolute Gasteiger partial charge is 0.0653 e. The highest BCUT2D eigenvalue weighted by Crippen LogP contribution is 1.94. The molecule has 0 aromatic heterocycles. The molecule has 0 unspecified atom stereocenters. The first-order valence-electron chi connectivity index (χ1n) is 2.62. The Hall–Kier alpha value is 0.355. The predicted octanol–water partition coefficient (Wildman–Crippen LogP) is 2.19. The number of unbranched alkanes of at least 4 members (excludes halogenated alkanes) is 2. The highest BCUT2D eigenvalue weighted by molar-refractivity contribution is 6.08. The second kappa shape index (κ2) is 9.61. The fraction of sp³-hybridized carbons (Fsp3) is 1.00. The molecule has 0 aliphatic heterocycles. The Kier molecular flexibility index (Phi) is 14.2. The summed E-state index contributed by atoms with van der Waals surface area (Å²) in [6, 6.07) is 0. The maximum atomic E-state index is 5.21. The molecule has 2 radical (unpaired) electrons. The van der Waals surface area contributed by atoms with Gasteiger partial charge in [0.1, 0.15) is 0 Å². The molecule has 0 aliphatic carbocycles. The lowest BCUT2D eigenvalue weighted by atomic mass is 10.00. The molecular weight excluding hydrogens is 106 g/mol. The first kappa shape index (κ1) is 10.4. The molecule has 0 bridgehead atoms. The highest BCUT2D eigenvalue weighted by atomic mass is 35.5. The minimum absolute atomic E-state index is 0. The summed E-state index contributed by atoms with van der Waals surface area (Å²) in [5, 5.41) is 0. The zero-order valence-electron chi connectivity index (χ0n) is 4.81. The molecule has 0 spiro atoms. The molecule has 42 valence electrons. The van der Waals surface area contributed by atoms with Gasteiger partial charge in [-0.15, -0.1) is 12.4 Å². The summed E-state index contributed by atoms with van der Waals surface area (Å²) in [5.74, 6) is 0. The monoisotopic (exact) mass is 118 g/mol. The number of halogens is 1. The van der Waals surface area contributed by atoms with Crippen molar-refractivity contribution in [1.29, 1.82) is 0 Å². The first-order valence-corrected chi connectivity index (χ1v) is 2.62. The van der Waals surface area contributed by atoms with Crippen molar-refractivity contribution in [2.75, 3.05) is 0 Å². The second-order valence-corrected chi connectivity index (χ2v) is 1.50. The lowest BCUT2D eigenvalue weighted by Crippen LogP contribution is -1.69. The van der Waals surface area contributed by atoms with Gasteiger partial charge in [-0.2, -0.15) is 0 Å². The summed E-state index contributed by atoms with van der Waals surface area (Å²) >= 11 is 0. The molecule has 0 aliphatic rings. The summed E-state index contributed by atoms with van der Waals surface area (Å²) in [6.07, 6.45) is 4.61. The molecule has 0 aromatic carbocycles. The Bertz CT molecular complexity index is 20.0. The minimum Gasteiger partial charge on any atom is -0.147 e. The van der Waals surface area contributed by atoms with Crippen LogP contribution in [0.3, 0.4) is 0 Å². The van der Waals surface area contributed by atoms with Gasteiger partial charge in [-0.3, -0.25) is 0 Å².